The number of benzene rings is 1. The van der Waals surface area contributed by atoms with Crippen molar-refractivity contribution in [2.75, 3.05) is 14.2 Å². The van der Waals surface area contributed by atoms with Gasteiger partial charge in [0.2, 0.25) is 0 Å². The topological polar surface area (TPSA) is 64.7 Å². The molecule has 0 bridgehead atoms. The third-order valence-electron chi connectivity index (χ3n) is 3.13. The molecule has 2 rings (SSSR count). The molecule has 0 heterocycles. The summed E-state index contributed by atoms with van der Waals surface area (Å²) in [7, 11) is 3.27. The highest BCUT2D eigenvalue weighted by atomic mass is 16.5. The summed E-state index contributed by atoms with van der Waals surface area (Å²) in [5.41, 5.74) is 7.93. The first-order valence-electron chi connectivity index (χ1n) is 5.33. The lowest BCUT2D eigenvalue weighted by atomic mass is 9.85. The normalized spacial score (nSPS) is 23.8. The minimum atomic E-state index is -0.506. The summed E-state index contributed by atoms with van der Waals surface area (Å²) < 4.78 is 10.6. The van der Waals surface area contributed by atoms with E-state index in [1.807, 2.05) is 12.1 Å². The Hall–Kier alpha value is -1.26. The lowest BCUT2D eigenvalue weighted by molar-refractivity contribution is 0.135. The number of rotatable bonds is 2. The molecular formula is C12H17NO3. The number of fused-ring (bicyclic) bond motifs is 1. The van der Waals surface area contributed by atoms with E-state index in [0.29, 0.717) is 12.8 Å². The number of nitrogens with two attached hydrogens (primary N) is 1. The Kier molecular flexibility index (Phi) is 3.03. The molecule has 0 saturated carbocycles. The molecule has 0 aromatic heterocycles. The molecule has 0 amide bonds. The van der Waals surface area contributed by atoms with E-state index < -0.39 is 6.10 Å². The van der Waals surface area contributed by atoms with Crippen molar-refractivity contribution in [1.82, 2.24) is 0 Å². The quantitative estimate of drug-likeness (QED) is 0.766. The second-order valence-electron chi connectivity index (χ2n) is 4.07. The SMILES string of the molecule is COc1ccc(OC)c2c1C[C@@H](N)[C@H](O)C2. The third-order valence-corrected chi connectivity index (χ3v) is 3.13. The minimum absolute atomic E-state index is 0.228. The highest BCUT2D eigenvalue weighted by Crippen LogP contribution is 2.35. The molecule has 0 saturated heterocycles. The first kappa shape index (κ1) is 11.2. The van der Waals surface area contributed by atoms with Gasteiger partial charge in [0.05, 0.1) is 20.3 Å². The maximum Gasteiger partial charge on any atom is 0.122 e. The van der Waals surface area contributed by atoms with Crippen LogP contribution in [0.4, 0.5) is 0 Å². The van der Waals surface area contributed by atoms with Crippen LogP contribution >= 0.6 is 0 Å². The van der Waals surface area contributed by atoms with Crippen molar-refractivity contribution in [3.05, 3.63) is 23.3 Å². The van der Waals surface area contributed by atoms with Crippen molar-refractivity contribution in [3.8, 4) is 11.5 Å². The molecule has 0 aliphatic heterocycles. The van der Waals surface area contributed by atoms with Crippen LogP contribution in [-0.4, -0.2) is 31.5 Å². The molecule has 1 aromatic carbocycles. The van der Waals surface area contributed by atoms with Gasteiger partial charge in [-0.25, -0.2) is 0 Å². The Balaban J connectivity index is 2.50. The van der Waals surface area contributed by atoms with Crippen LogP contribution in [0.15, 0.2) is 12.1 Å². The molecule has 88 valence electrons. The summed E-state index contributed by atoms with van der Waals surface area (Å²) in [6.07, 6.45) is 0.641. The van der Waals surface area contributed by atoms with E-state index in [1.54, 1.807) is 14.2 Å². The number of aliphatic hydroxyl groups excluding tert-OH is 1. The Morgan fingerprint density at radius 2 is 1.62 bits per heavy atom. The van der Waals surface area contributed by atoms with Crippen LogP contribution in [0.25, 0.3) is 0 Å². The fourth-order valence-corrected chi connectivity index (χ4v) is 2.21. The Morgan fingerprint density at radius 3 is 2.12 bits per heavy atom. The van der Waals surface area contributed by atoms with Crippen molar-refractivity contribution in [2.45, 2.75) is 25.0 Å². The fraction of sp³-hybridized carbons (Fsp3) is 0.500. The van der Waals surface area contributed by atoms with E-state index in [0.717, 1.165) is 22.6 Å². The summed E-state index contributed by atoms with van der Waals surface area (Å²) in [6, 6.07) is 3.51. The molecule has 2 atom stereocenters. The molecule has 1 aromatic rings. The van der Waals surface area contributed by atoms with Gasteiger partial charge in [0, 0.05) is 23.6 Å². The molecule has 1 aliphatic carbocycles. The average Bonchev–Trinajstić information content (AvgIpc) is 2.29. The monoisotopic (exact) mass is 223 g/mol. The largest absolute Gasteiger partial charge is 0.496 e. The van der Waals surface area contributed by atoms with Gasteiger partial charge in [0.25, 0.3) is 0 Å². The van der Waals surface area contributed by atoms with E-state index in [-0.39, 0.29) is 6.04 Å². The molecule has 0 spiro atoms. The van der Waals surface area contributed by atoms with E-state index in [1.165, 1.54) is 0 Å². The molecule has 1 aliphatic rings. The van der Waals surface area contributed by atoms with Gasteiger partial charge >= 0.3 is 0 Å². The van der Waals surface area contributed by atoms with Gasteiger partial charge in [-0.1, -0.05) is 0 Å². The number of hydrogen-bond acceptors (Lipinski definition) is 4. The molecule has 4 nitrogen and oxygen atoms in total. The lowest BCUT2D eigenvalue weighted by Gasteiger charge is -2.29. The molecule has 3 N–H and O–H groups in total. The van der Waals surface area contributed by atoms with Gasteiger partial charge < -0.3 is 20.3 Å². The number of methoxy groups -OCH3 is 2. The van der Waals surface area contributed by atoms with Gasteiger partial charge in [-0.2, -0.15) is 0 Å². The Morgan fingerprint density at radius 1 is 1.12 bits per heavy atom. The summed E-state index contributed by atoms with van der Waals surface area (Å²) in [6.45, 7) is 0. The lowest BCUT2D eigenvalue weighted by Crippen LogP contribution is -2.41. The Bertz CT molecular complexity index is 355. The van der Waals surface area contributed by atoms with E-state index in [4.69, 9.17) is 15.2 Å². The smallest absolute Gasteiger partial charge is 0.122 e. The summed E-state index contributed by atoms with van der Waals surface area (Å²) in [5.74, 6) is 1.61. The predicted octanol–water partition coefficient (Wildman–Crippen LogP) is 0.491. The predicted molar refractivity (Wildman–Crippen MR) is 60.9 cm³/mol. The molecule has 4 heteroatoms. The van der Waals surface area contributed by atoms with Crippen molar-refractivity contribution in [2.24, 2.45) is 5.73 Å². The summed E-state index contributed by atoms with van der Waals surface area (Å²) in [5, 5.41) is 9.79. The van der Waals surface area contributed by atoms with Crippen LogP contribution in [0.3, 0.4) is 0 Å². The zero-order chi connectivity index (χ0) is 11.7. The van der Waals surface area contributed by atoms with E-state index in [9.17, 15) is 5.11 Å². The number of aliphatic hydroxyl groups is 1. The van der Waals surface area contributed by atoms with Gasteiger partial charge in [0.1, 0.15) is 11.5 Å². The van der Waals surface area contributed by atoms with Crippen LogP contribution in [0.1, 0.15) is 11.1 Å². The highest BCUT2D eigenvalue weighted by molar-refractivity contribution is 5.51. The van der Waals surface area contributed by atoms with Crippen LogP contribution < -0.4 is 15.2 Å². The first-order valence-corrected chi connectivity index (χ1v) is 5.33. The van der Waals surface area contributed by atoms with Crippen LogP contribution in [0, 0.1) is 0 Å². The first-order chi connectivity index (χ1) is 7.67. The van der Waals surface area contributed by atoms with Crippen molar-refractivity contribution in [3.63, 3.8) is 0 Å². The van der Waals surface area contributed by atoms with Crippen LogP contribution in [-0.2, 0) is 12.8 Å². The highest BCUT2D eigenvalue weighted by Gasteiger charge is 2.28. The van der Waals surface area contributed by atoms with Crippen LogP contribution in [0.2, 0.25) is 0 Å². The van der Waals surface area contributed by atoms with Crippen molar-refractivity contribution >= 4 is 0 Å². The van der Waals surface area contributed by atoms with Gasteiger partial charge in [-0.05, 0) is 18.6 Å². The molecular weight excluding hydrogens is 206 g/mol. The van der Waals surface area contributed by atoms with Crippen molar-refractivity contribution in [1.29, 1.82) is 0 Å². The average molecular weight is 223 g/mol. The Labute approximate surface area is 95.0 Å². The standard InChI is InChI=1S/C12H17NO3/c1-15-11-3-4-12(16-2)8-6-10(14)9(13)5-7(8)11/h3-4,9-10,14H,5-6,13H2,1-2H3/t9-,10-/m1/s1. The molecule has 0 unspecified atom stereocenters. The maximum atomic E-state index is 9.79. The van der Waals surface area contributed by atoms with E-state index in [2.05, 4.69) is 0 Å². The second kappa shape index (κ2) is 4.31. The van der Waals surface area contributed by atoms with Gasteiger partial charge in [0.15, 0.2) is 0 Å². The molecule has 0 radical (unpaired) electrons. The van der Waals surface area contributed by atoms with Gasteiger partial charge in [-0.15, -0.1) is 0 Å². The maximum absolute atomic E-state index is 9.79. The number of hydrogen-bond donors (Lipinski definition) is 2. The third kappa shape index (κ3) is 1.74. The minimum Gasteiger partial charge on any atom is -0.496 e. The number of ether oxygens (including phenoxy) is 2. The molecule has 0 fully saturated rings. The fourth-order valence-electron chi connectivity index (χ4n) is 2.21. The molecule has 16 heavy (non-hydrogen) atoms. The zero-order valence-electron chi connectivity index (χ0n) is 9.56. The van der Waals surface area contributed by atoms with Crippen LogP contribution in [0.5, 0.6) is 11.5 Å². The summed E-state index contributed by atoms with van der Waals surface area (Å²) in [4.78, 5) is 0. The van der Waals surface area contributed by atoms with Gasteiger partial charge in [-0.3, -0.25) is 0 Å². The summed E-state index contributed by atoms with van der Waals surface area (Å²) >= 11 is 0. The van der Waals surface area contributed by atoms with E-state index >= 15 is 0 Å². The zero-order valence-corrected chi connectivity index (χ0v) is 9.56. The second-order valence-corrected chi connectivity index (χ2v) is 4.07. The van der Waals surface area contributed by atoms with Crippen molar-refractivity contribution < 1.29 is 14.6 Å².